The molecule has 1 aliphatic rings. The van der Waals surface area contributed by atoms with Crippen LogP contribution in [0.4, 0.5) is 13.2 Å². The van der Waals surface area contributed by atoms with Crippen LogP contribution in [0.25, 0.3) is 0 Å². The van der Waals surface area contributed by atoms with Gasteiger partial charge in [-0.05, 0) is 49.2 Å². The zero-order chi connectivity index (χ0) is 27.1. The summed E-state index contributed by atoms with van der Waals surface area (Å²) in [4.78, 5) is 10.7. The van der Waals surface area contributed by atoms with Crippen LogP contribution in [0.5, 0.6) is 17.2 Å². The van der Waals surface area contributed by atoms with E-state index in [4.69, 9.17) is 19.3 Å². The summed E-state index contributed by atoms with van der Waals surface area (Å²) >= 11 is 0. The average molecular weight is 529 g/mol. The number of para-hydroxylation sites is 1. The Hall–Kier alpha value is -3.82. The van der Waals surface area contributed by atoms with E-state index in [-0.39, 0.29) is 23.8 Å². The van der Waals surface area contributed by atoms with Gasteiger partial charge in [-0.15, -0.1) is 0 Å². The van der Waals surface area contributed by atoms with Crippen LogP contribution in [-0.2, 0) is 20.4 Å². The highest BCUT2D eigenvalue weighted by Crippen LogP contribution is 2.43. The molecule has 0 spiro atoms. The van der Waals surface area contributed by atoms with Crippen molar-refractivity contribution in [1.29, 1.82) is 0 Å². The van der Waals surface area contributed by atoms with Gasteiger partial charge >= 0.3 is 12.1 Å². The van der Waals surface area contributed by atoms with E-state index < -0.39 is 30.1 Å². The Morgan fingerprint density at radius 1 is 1.00 bits per heavy atom. The molecule has 0 radical (unpaired) electrons. The van der Waals surface area contributed by atoms with E-state index >= 15 is 0 Å². The molecule has 0 saturated carbocycles. The third-order valence-electron chi connectivity index (χ3n) is 6.06. The average Bonchev–Trinajstić information content (AvgIpc) is 2.89. The number of carboxylic acid groups (broad SMARTS) is 1. The highest BCUT2D eigenvalue weighted by Gasteiger charge is 2.35. The van der Waals surface area contributed by atoms with Crippen LogP contribution in [-0.4, -0.2) is 22.8 Å². The molecule has 1 aliphatic heterocycles. The van der Waals surface area contributed by atoms with Gasteiger partial charge in [0, 0.05) is 23.5 Å². The van der Waals surface area contributed by atoms with Gasteiger partial charge < -0.3 is 24.4 Å². The van der Waals surface area contributed by atoms with Crippen LogP contribution in [0.2, 0.25) is 0 Å². The molecular weight excluding hydrogens is 501 g/mol. The second-order valence-corrected chi connectivity index (χ2v) is 8.88. The Kier molecular flexibility index (Phi) is 8.70. The molecule has 3 aromatic carbocycles. The summed E-state index contributed by atoms with van der Waals surface area (Å²) in [5.74, 6) is -0.570. The number of rotatable bonds is 9. The Morgan fingerprint density at radius 2 is 1.74 bits per heavy atom. The number of halogens is 3. The van der Waals surface area contributed by atoms with Crippen LogP contribution in [0.15, 0.2) is 84.9 Å². The first-order valence-electron chi connectivity index (χ1n) is 12.1. The van der Waals surface area contributed by atoms with Gasteiger partial charge in [0.25, 0.3) is 0 Å². The van der Waals surface area contributed by atoms with E-state index in [0.29, 0.717) is 36.3 Å². The van der Waals surface area contributed by atoms with Crippen molar-refractivity contribution in [2.45, 2.75) is 37.8 Å². The van der Waals surface area contributed by atoms with Gasteiger partial charge in [0.2, 0.25) is 0 Å². The third kappa shape index (κ3) is 7.14. The monoisotopic (exact) mass is 528 g/mol. The molecule has 0 aliphatic carbocycles. The summed E-state index contributed by atoms with van der Waals surface area (Å²) in [7, 11) is 0. The van der Waals surface area contributed by atoms with Crippen molar-refractivity contribution in [1.82, 2.24) is 0 Å². The van der Waals surface area contributed by atoms with Gasteiger partial charge in [-0.3, -0.25) is 4.79 Å². The maximum Gasteiger partial charge on any atom is 0.416 e. The first-order chi connectivity index (χ1) is 18.2. The molecule has 1 fully saturated rings. The van der Waals surface area contributed by atoms with E-state index in [1.165, 1.54) is 12.1 Å². The van der Waals surface area contributed by atoms with Gasteiger partial charge in [0.1, 0.15) is 17.2 Å². The van der Waals surface area contributed by atoms with E-state index in [1.807, 2.05) is 6.08 Å². The maximum absolute atomic E-state index is 13.1. The lowest BCUT2D eigenvalue weighted by atomic mass is 9.91. The summed E-state index contributed by atoms with van der Waals surface area (Å²) in [6, 6.07) is 18.2. The molecular formula is C29H27F3O6. The fourth-order valence-electron chi connectivity index (χ4n) is 4.20. The molecule has 0 amide bonds. The topological polar surface area (TPSA) is 85.2 Å². The number of phenolic OH excluding ortho intramolecular Hbond substituents is 1. The smallest absolute Gasteiger partial charge is 0.416 e. The summed E-state index contributed by atoms with van der Waals surface area (Å²) in [5.41, 5.74) is 0.394. The minimum absolute atomic E-state index is 0.0397. The molecule has 3 aromatic rings. The molecule has 3 atom stereocenters. The lowest BCUT2D eigenvalue weighted by molar-refractivity contribution is -0.244. The molecule has 1 heterocycles. The number of benzene rings is 3. The van der Waals surface area contributed by atoms with E-state index in [1.54, 1.807) is 54.6 Å². The predicted octanol–water partition coefficient (Wildman–Crippen LogP) is 7.42. The molecule has 9 heteroatoms. The van der Waals surface area contributed by atoms with Gasteiger partial charge in [0.15, 0.2) is 6.29 Å². The standard InChI is InChI=1S/C29H27F3O6/c30-29(31,32)21-10-7-12-23(17-21)37-22-11-6-9-19(16-22)28-36-18-20(8-2-1-3-15-26(34)35)27(38-28)24-13-4-5-14-25(24)33/h1-2,4-7,9-14,16-17,20,27-28,33H,3,8,15,18H2,(H,34,35). The number of phenols is 1. The molecule has 1 saturated heterocycles. The van der Waals surface area contributed by atoms with Gasteiger partial charge in [-0.25, -0.2) is 0 Å². The number of hydrogen-bond donors (Lipinski definition) is 2. The molecule has 6 nitrogen and oxygen atoms in total. The quantitative estimate of drug-likeness (QED) is 0.281. The number of ether oxygens (including phenoxy) is 3. The Morgan fingerprint density at radius 3 is 2.47 bits per heavy atom. The van der Waals surface area contributed by atoms with Gasteiger partial charge in [0.05, 0.1) is 18.3 Å². The minimum Gasteiger partial charge on any atom is -0.508 e. The maximum atomic E-state index is 13.1. The Labute approximate surface area is 217 Å². The van der Waals surface area contributed by atoms with Crippen molar-refractivity contribution < 1.29 is 42.4 Å². The van der Waals surface area contributed by atoms with E-state index in [2.05, 4.69) is 0 Å². The number of carbonyl (C=O) groups is 1. The molecule has 0 bridgehead atoms. The lowest BCUT2D eigenvalue weighted by Crippen LogP contribution is -2.30. The molecule has 200 valence electrons. The summed E-state index contributed by atoms with van der Waals surface area (Å²) < 4.78 is 57.2. The largest absolute Gasteiger partial charge is 0.508 e. The molecule has 2 N–H and O–H groups in total. The van der Waals surface area contributed by atoms with Crippen LogP contribution in [0, 0.1) is 5.92 Å². The second-order valence-electron chi connectivity index (χ2n) is 8.88. The van der Waals surface area contributed by atoms with Crippen molar-refractivity contribution in [3.63, 3.8) is 0 Å². The zero-order valence-corrected chi connectivity index (χ0v) is 20.3. The highest BCUT2D eigenvalue weighted by atomic mass is 19.4. The van der Waals surface area contributed by atoms with Crippen LogP contribution < -0.4 is 4.74 Å². The fourth-order valence-corrected chi connectivity index (χ4v) is 4.20. The first-order valence-corrected chi connectivity index (χ1v) is 12.1. The predicted molar refractivity (Wildman–Crippen MR) is 133 cm³/mol. The molecule has 3 unspecified atom stereocenters. The fraction of sp³-hybridized carbons (Fsp3) is 0.276. The van der Waals surface area contributed by atoms with Gasteiger partial charge in [-0.2, -0.15) is 13.2 Å². The minimum atomic E-state index is -4.48. The number of allylic oxidation sites excluding steroid dienone is 2. The van der Waals surface area contributed by atoms with Crippen molar-refractivity contribution in [3.8, 4) is 17.2 Å². The number of aliphatic carboxylic acids is 1. The van der Waals surface area contributed by atoms with Crippen LogP contribution in [0.1, 0.15) is 48.3 Å². The SMILES string of the molecule is O=C(O)CCC=CCC1COC(c2cccc(Oc3cccc(C(F)(F)F)c3)c2)OC1c1ccccc1O. The van der Waals surface area contributed by atoms with Crippen molar-refractivity contribution in [2.24, 2.45) is 5.92 Å². The number of alkyl halides is 3. The molecule has 4 rings (SSSR count). The van der Waals surface area contributed by atoms with Crippen molar-refractivity contribution >= 4 is 5.97 Å². The third-order valence-corrected chi connectivity index (χ3v) is 6.06. The molecule has 38 heavy (non-hydrogen) atoms. The second kappa shape index (κ2) is 12.1. The van der Waals surface area contributed by atoms with Crippen LogP contribution in [0.3, 0.4) is 0 Å². The van der Waals surface area contributed by atoms with Gasteiger partial charge in [-0.1, -0.05) is 48.6 Å². The number of carboxylic acids is 1. The highest BCUT2D eigenvalue weighted by molar-refractivity contribution is 5.66. The van der Waals surface area contributed by atoms with Crippen LogP contribution >= 0.6 is 0 Å². The Bertz CT molecular complexity index is 1270. The number of aromatic hydroxyl groups is 1. The number of hydrogen-bond acceptors (Lipinski definition) is 5. The van der Waals surface area contributed by atoms with Crippen molar-refractivity contribution in [2.75, 3.05) is 6.61 Å². The zero-order valence-electron chi connectivity index (χ0n) is 20.3. The summed E-state index contributed by atoms with van der Waals surface area (Å²) in [6.07, 6.45) is -1.13. The normalized spacial score (nSPS) is 19.9. The Balaban J connectivity index is 1.51. The molecule has 0 aromatic heterocycles. The van der Waals surface area contributed by atoms with Crippen molar-refractivity contribution in [3.05, 3.63) is 102 Å². The summed E-state index contributed by atoms with van der Waals surface area (Å²) in [6.45, 7) is 0.297. The van der Waals surface area contributed by atoms with E-state index in [0.717, 1.165) is 12.1 Å². The lowest BCUT2D eigenvalue weighted by Gasteiger charge is -2.37. The first kappa shape index (κ1) is 27.2. The summed E-state index contributed by atoms with van der Waals surface area (Å²) in [5, 5.41) is 19.3. The van der Waals surface area contributed by atoms with E-state index in [9.17, 15) is 23.1 Å².